The number of hydrogen-bond acceptors (Lipinski definition) is 1. The average molecular weight is 242 g/mol. The Hall–Kier alpha value is -0.0400. The Balaban J connectivity index is 3.19. The van der Waals surface area contributed by atoms with E-state index in [0.717, 1.165) is 0 Å². The highest BCUT2D eigenvalue weighted by atomic mass is 16.3. The molecule has 0 heterocycles. The van der Waals surface area contributed by atoms with Crippen LogP contribution in [-0.4, -0.2) is 11.7 Å². The fraction of sp³-hybridized carbons (Fsp3) is 1.00. The van der Waals surface area contributed by atoms with Gasteiger partial charge < -0.3 is 5.11 Å². The van der Waals surface area contributed by atoms with Crippen molar-refractivity contribution in [3.05, 3.63) is 0 Å². The molecule has 0 radical (unpaired) electrons. The first-order valence-electron chi connectivity index (χ1n) is 7.96. The first-order chi connectivity index (χ1) is 8.35. The van der Waals surface area contributed by atoms with Crippen LogP contribution in [0.1, 0.15) is 90.9 Å². The molecule has 0 aromatic heterocycles. The van der Waals surface area contributed by atoms with Crippen LogP contribution in [0.25, 0.3) is 0 Å². The van der Waals surface area contributed by atoms with E-state index in [2.05, 4.69) is 13.8 Å². The summed E-state index contributed by atoms with van der Waals surface area (Å²) in [4.78, 5) is 0. The summed E-state index contributed by atoms with van der Waals surface area (Å²) in [5.41, 5.74) is 0. The van der Waals surface area contributed by atoms with Crippen molar-refractivity contribution in [2.24, 2.45) is 5.92 Å². The van der Waals surface area contributed by atoms with E-state index in [4.69, 9.17) is 0 Å². The Labute approximate surface area is 109 Å². The number of aliphatic hydroxyl groups is 1. The van der Waals surface area contributed by atoms with Gasteiger partial charge in [0, 0.05) is 6.61 Å². The van der Waals surface area contributed by atoms with Gasteiger partial charge in [-0.05, 0) is 18.8 Å². The number of aliphatic hydroxyl groups excluding tert-OH is 1. The lowest BCUT2D eigenvalue weighted by molar-refractivity contribution is 0.205. The number of hydrogen-bond donors (Lipinski definition) is 1. The topological polar surface area (TPSA) is 20.2 Å². The molecule has 1 nitrogen and oxygen atoms in total. The van der Waals surface area contributed by atoms with Gasteiger partial charge in [-0.1, -0.05) is 78.1 Å². The molecular formula is C16H34O. The van der Waals surface area contributed by atoms with Crippen molar-refractivity contribution in [2.45, 2.75) is 90.9 Å². The lowest BCUT2D eigenvalue weighted by Crippen LogP contribution is -2.05. The van der Waals surface area contributed by atoms with Crippen LogP contribution < -0.4 is 0 Å². The van der Waals surface area contributed by atoms with Crippen molar-refractivity contribution < 1.29 is 5.11 Å². The Morgan fingerprint density at radius 3 is 1.65 bits per heavy atom. The van der Waals surface area contributed by atoms with Gasteiger partial charge in [-0.3, -0.25) is 0 Å². The largest absolute Gasteiger partial charge is 0.396 e. The molecule has 0 rings (SSSR count). The minimum atomic E-state index is 0.399. The third kappa shape index (κ3) is 12.2. The molecule has 1 atom stereocenters. The van der Waals surface area contributed by atoms with E-state index in [1.54, 1.807) is 0 Å². The average Bonchev–Trinajstić information content (AvgIpc) is 2.36. The fourth-order valence-electron chi connectivity index (χ4n) is 2.39. The molecule has 1 heteroatoms. The zero-order chi connectivity index (χ0) is 12.8. The minimum absolute atomic E-state index is 0.399. The maximum absolute atomic E-state index is 9.25. The van der Waals surface area contributed by atoms with Gasteiger partial charge in [0.25, 0.3) is 0 Å². The van der Waals surface area contributed by atoms with Crippen LogP contribution in [0, 0.1) is 5.92 Å². The molecule has 0 saturated carbocycles. The molecule has 0 amide bonds. The van der Waals surface area contributed by atoms with Crippen molar-refractivity contribution in [3.8, 4) is 0 Å². The molecule has 1 N–H and O–H groups in total. The van der Waals surface area contributed by atoms with Gasteiger partial charge in [0.05, 0.1) is 0 Å². The standard InChI is InChI=1S/C16H34O/c1-3-5-7-8-9-10-11-12-14-16(15-17)13-6-4-2/h16-17H,3-15H2,1-2H3. The first kappa shape index (κ1) is 17.0. The molecule has 104 valence electrons. The lowest BCUT2D eigenvalue weighted by Gasteiger charge is -2.13. The summed E-state index contributed by atoms with van der Waals surface area (Å²) in [5, 5.41) is 9.25. The van der Waals surface area contributed by atoms with E-state index in [-0.39, 0.29) is 0 Å². The van der Waals surface area contributed by atoms with Gasteiger partial charge in [0.2, 0.25) is 0 Å². The van der Waals surface area contributed by atoms with Crippen molar-refractivity contribution in [3.63, 3.8) is 0 Å². The van der Waals surface area contributed by atoms with Gasteiger partial charge in [0.15, 0.2) is 0 Å². The second-order valence-corrected chi connectivity index (χ2v) is 5.45. The summed E-state index contributed by atoms with van der Waals surface area (Å²) < 4.78 is 0. The highest BCUT2D eigenvalue weighted by molar-refractivity contribution is 4.58. The van der Waals surface area contributed by atoms with E-state index in [0.29, 0.717) is 12.5 Å². The molecule has 0 spiro atoms. The van der Waals surface area contributed by atoms with E-state index in [1.807, 2.05) is 0 Å². The quantitative estimate of drug-likeness (QED) is 0.434. The third-order valence-electron chi connectivity index (χ3n) is 3.69. The molecule has 0 aromatic rings. The van der Waals surface area contributed by atoms with Crippen LogP contribution in [0.2, 0.25) is 0 Å². The predicted molar refractivity (Wildman–Crippen MR) is 77.3 cm³/mol. The van der Waals surface area contributed by atoms with Crippen LogP contribution in [0.15, 0.2) is 0 Å². The van der Waals surface area contributed by atoms with Crippen LogP contribution in [0.5, 0.6) is 0 Å². The molecule has 0 aliphatic heterocycles. The van der Waals surface area contributed by atoms with Crippen molar-refractivity contribution in [1.82, 2.24) is 0 Å². The summed E-state index contributed by atoms with van der Waals surface area (Å²) in [7, 11) is 0. The molecule has 0 aliphatic carbocycles. The number of unbranched alkanes of at least 4 members (excludes halogenated alkanes) is 8. The molecule has 0 aliphatic rings. The Morgan fingerprint density at radius 2 is 1.12 bits per heavy atom. The maximum atomic E-state index is 9.25. The summed E-state index contributed by atoms with van der Waals surface area (Å²) >= 11 is 0. The van der Waals surface area contributed by atoms with Crippen LogP contribution in [0.4, 0.5) is 0 Å². The summed E-state index contributed by atoms with van der Waals surface area (Å²) in [6.45, 7) is 4.90. The fourth-order valence-corrected chi connectivity index (χ4v) is 2.39. The normalized spacial score (nSPS) is 12.9. The highest BCUT2D eigenvalue weighted by Gasteiger charge is 2.05. The van der Waals surface area contributed by atoms with Gasteiger partial charge in [-0.25, -0.2) is 0 Å². The molecule has 0 saturated heterocycles. The second-order valence-electron chi connectivity index (χ2n) is 5.45. The van der Waals surface area contributed by atoms with E-state index < -0.39 is 0 Å². The van der Waals surface area contributed by atoms with Crippen LogP contribution in [-0.2, 0) is 0 Å². The third-order valence-corrected chi connectivity index (χ3v) is 3.69. The zero-order valence-electron chi connectivity index (χ0n) is 12.2. The van der Waals surface area contributed by atoms with E-state index >= 15 is 0 Å². The van der Waals surface area contributed by atoms with E-state index in [9.17, 15) is 5.11 Å². The Morgan fingerprint density at radius 1 is 0.647 bits per heavy atom. The van der Waals surface area contributed by atoms with Gasteiger partial charge >= 0.3 is 0 Å². The lowest BCUT2D eigenvalue weighted by atomic mass is 9.96. The summed E-state index contributed by atoms with van der Waals surface area (Å²) in [5.74, 6) is 0.579. The SMILES string of the molecule is CCCCCCCCCCC(CO)CCCC. The molecule has 17 heavy (non-hydrogen) atoms. The van der Waals surface area contributed by atoms with Crippen molar-refractivity contribution >= 4 is 0 Å². The van der Waals surface area contributed by atoms with E-state index in [1.165, 1.54) is 77.0 Å². The first-order valence-corrected chi connectivity index (χ1v) is 7.96. The minimum Gasteiger partial charge on any atom is -0.396 e. The number of rotatable bonds is 13. The monoisotopic (exact) mass is 242 g/mol. The van der Waals surface area contributed by atoms with Crippen molar-refractivity contribution in [1.29, 1.82) is 0 Å². The smallest absolute Gasteiger partial charge is 0.0459 e. The molecule has 1 unspecified atom stereocenters. The molecule has 0 fully saturated rings. The summed E-state index contributed by atoms with van der Waals surface area (Å²) in [6, 6.07) is 0. The molecule has 0 aromatic carbocycles. The maximum Gasteiger partial charge on any atom is 0.0459 e. The van der Waals surface area contributed by atoms with Crippen LogP contribution in [0.3, 0.4) is 0 Å². The van der Waals surface area contributed by atoms with Gasteiger partial charge in [-0.15, -0.1) is 0 Å². The highest BCUT2D eigenvalue weighted by Crippen LogP contribution is 2.17. The van der Waals surface area contributed by atoms with Crippen LogP contribution >= 0.6 is 0 Å². The molecular weight excluding hydrogens is 208 g/mol. The molecule has 0 bridgehead atoms. The van der Waals surface area contributed by atoms with Crippen molar-refractivity contribution in [2.75, 3.05) is 6.61 Å². The van der Waals surface area contributed by atoms with Gasteiger partial charge in [-0.2, -0.15) is 0 Å². The second kappa shape index (κ2) is 14.0. The predicted octanol–water partition coefficient (Wildman–Crippen LogP) is 5.32. The Bertz CT molecular complexity index is 133. The Kier molecular flexibility index (Phi) is 14.0. The summed E-state index contributed by atoms with van der Waals surface area (Å²) in [6.07, 6.45) is 16.1. The zero-order valence-corrected chi connectivity index (χ0v) is 12.2. The van der Waals surface area contributed by atoms with Gasteiger partial charge in [0.1, 0.15) is 0 Å².